The zero-order valence-electron chi connectivity index (χ0n) is 19.7. The minimum atomic E-state index is -0.882. The molecular formula is C26H32N2O6. The Morgan fingerprint density at radius 1 is 1.15 bits per heavy atom. The van der Waals surface area contributed by atoms with E-state index in [9.17, 15) is 14.4 Å². The number of hydrogen-bond donors (Lipinski definition) is 0. The predicted molar refractivity (Wildman–Crippen MR) is 123 cm³/mol. The van der Waals surface area contributed by atoms with Crippen LogP contribution in [0.1, 0.15) is 57.4 Å². The summed E-state index contributed by atoms with van der Waals surface area (Å²) >= 11 is 0. The van der Waals surface area contributed by atoms with Gasteiger partial charge in [0.05, 0.1) is 13.2 Å². The van der Waals surface area contributed by atoms with Crippen molar-refractivity contribution in [3.05, 3.63) is 35.5 Å². The molecule has 1 aliphatic carbocycles. The predicted octanol–water partition coefficient (Wildman–Crippen LogP) is 3.39. The maximum absolute atomic E-state index is 13.8. The van der Waals surface area contributed by atoms with Gasteiger partial charge in [-0.3, -0.25) is 14.4 Å². The fraction of sp³-hybridized carbons (Fsp3) is 0.577. The molecule has 8 heteroatoms. The molecule has 1 aromatic rings. The molecule has 0 aromatic heterocycles. The standard InChI is InChI=1S/C26H32N2O6/c1-2-32-25(31)26-10-6-7-22(26)28(16-18-8-9-20-21(13-18)34-17-33-20)24(30)19(15-26)14-23(29)27-11-4-3-5-12-27/h7-9,13,19H,2-6,10-12,14-17H2,1H3/t19-,26+/m1/s1. The quantitative estimate of drug-likeness (QED) is 0.595. The molecular weight excluding hydrogens is 436 g/mol. The van der Waals surface area contributed by atoms with Crippen molar-refractivity contribution in [2.75, 3.05) is 26.5 Å². The Balaban J connectivity index is 1.44. The maximum Gasteiger partial charge on any atom is 0.318 e. The Kier molecular flexibility index (Phi) is 6.23. The van der Waals surface area contributed by atoms with E-state index in [1.54, 1.807) is 11.8 Å². The highest BCUT2D eigenvalue weighted by Gasteiger charge is 2.55. The maximum atomic E-state index is 13.8. The second kappa shape index (κ2) is 9.31. The molecule has 0 N–H and O–H groups in total. The van der Waals surface area contributed by atoms with Gasteiger partial charge < -0.3 is 24.0 Å². The Hall–Kier alpha value is -3.03. The summed E-state index contributed by atoms with van der Waals surface area (Å²) in [6.45, 7) is 4.05. The minimum Gasteiger partial charge on any atom is -0.465 e. The van der Waals surface area contributed by atoms with Gasteiger partial charge in [-0.1, -0.05) is 12.1 Å². The highest BCUT2D eigenvalue weighted by Crippen LogP contribution is 2.52. The molecule has 2 atom stereocenters. The monoisotopic (exact) mass is 468 g/mol. The van der Waals surface area contributed by atoms with Crippen molar-refractivity contribution in [2.24, 2.45) is 11.3 Å². The van der Waals surface area contributed by atoms with Gasteiger partial charge in [0.15, 0.2) is 11.5 Å². The van der Waals surface area contributed by atoms with Crippen LogP contribution in [0.2, 0.25) is 0 Å². The van der Waals surface area contributed by atoms with Crippen LogP contribution in [0.25, 0.3) is 0 Å². The number of likely N-dealkylation sites (tertiary alicyclic amines) is 2. The first-order valence-corrected chi connectivity index (χ1v) is 12.4. The molecule has 8 nitrogen and oxygen atoms in total. The summed E-state index contributed by atoms with van der Waals surface area (Å²) in [6, 6.07) is 5.62. The minimum absolute atomic E-state index is 0.00511. The number of fused-ring (bicyclic) bond motifs is 2. The Morgan fingerprint density at radius 2 is 1.94 bits per heavy atom. The molecule has 0 bridgehead atoms. The van der Waals surface area contributed by atoms with Crippen molar-refractivity contribution < 1.29 is 28.6 Å². The topological polar surface area (TPSA) is 85.4 Å². The number of piperidine rings is 2. The number of allylic oxidation sites excluding steroid dienone is 1. The van der Waals surface area contributed by atoms with Crippen LogP contribution in [0.15, 0.2) is 30.0 Å². The third-order valence-electron chi connectivity index (χ3n) is 7.47. The molecule has 2 fully saturated rings. The van der Waals surface area contributed by atoms with E-state index in [1.807, 2.05) is 29.2 Å². The molecule has 2 saturated heterocycles. The average molecular weight is 469 g/mol. The summed E-state index contributed by atoms with van der Waals surface area (Å²) < 4.78 is 16.4. The molecule has 34 heavy (non-hydrogen) atoms. The van der Waals surface area contributed by atoms with E-state index in [1.165, 1.54) is 0 Å². The first-order chi connectivity index (χ1) is 16.5. The molecule has 2 amide bonds. The average Bonchev–Trinajstić information content (AvgIpc) is 3.49. The van der Waals surface area contributed by atoms with Crippen molar-refractivity contribution in [1.29, 1.82) is 0 Å². The second-order valence-corrected chi connectivity index (χ2v) is 9.59. The smallest absolute Gasteiger partial charge is 0.318 e. The zero-order valence-corrected chi connectivity index (χ0v) is 19.7. The van der Waals surface area contributed by atoms with E-state index >= 15 is 0 Å². The van der Waals surface area contributed by atoms with Crippen molar-refractivity contribution in [3.63, 3.8) is 0 Å². The van der Waals surface area contributed by atoms with Crippen molar-refractivity contribution in [3.8, 4) is 11.5 Å². The first kappa shape index (κ1) is 22.7. The molecule has 5 rings (SSSR count). The fourth-order valence-electron chi connectivity index (χ4n) is 5.79. The lowest BCUT2D eigenvalue weighted by atomic mass is 9.71. The van der Waals surface area contributed by atoms with Crippen LogP contribution in [0.3, 0.4) is 0 Å². The highest BCUT2D eigenvalue weighted by atomic mass is 16.7. The van der Waals surface area contributed by atoms with Gasteiger partial charge in [-0.2, -0.15) is 0 Å². The number of carbonyl (C=O) groups excluding carboxylic acids is 3. The lowest BCUT2D eigenvalue weighted by molar-refractivity contribution is -0.161. The first-order valence-electron chi connectivity index (χ1n) is 12.4. The van der Waals surface area contributed by atoms with Crippen LogP contribution < -0.4 is 9.47 Å². The summed E-state index contributed by atoms with van der Waals surface area (Å²) in [6.07, 6.45) is 6.88. The number of rotatable bonds is 6. The molecule has 0 spiro atoms. The molecule has 1 aromatic carbocycles. The van der Waals surface area contributed by atoms with Gasteiger partial charge in [-0.15, -0.1) is 0 Å². The third kappa shape index (κ3) is 4.03. The number of amides is 2. The molecule has 182 valence electrons. The van der Waals surface area contributed by atoms with Gasteiger partial charge in [-0.05, 0) is 63.1 Å². The summed E-state index contributed by atoms with van der Waals surface area (Å²) in [5.41, 5.74) is 0.717. The Bertz CT molecular complexity index is 1010. The number of hydrogen-bond acceptors (Lipinski definition) is 6. The lowest BCUT2D eigenvalue weighted by Gasteiger charge is -2.44. The van der Waals surface area contributed by atoms with E-state index in [0.29, 0.717) is 37.3 Å². The van der Waals surface area contributed by atoms with Gasteiger partial charge in [0.25, 0.3) is 0 Å². The second-order valence-electron chi connectivity index (χ2n) is 9.59. The Labute approximate surface area is 199 Å². The van der Waals surface area contributed by atoms with Gasteiger partial charge in [0.1, 0.15) is 5.41 Å². The van der Waals surface area contributed by atoms with Crippen LogP contribution in [0, 0.1) is 11.3 Å². The Morgan fingerprint density at radius 3 is 2.74 bits per heavy atom. The fourth-order valence-corrected chi connectivity index (χ4v) is 5.79. The number of ether oxygens (including phenoxy) is 3. The van der Waals surface area contributed by atoms with Crippen LogP contribution >= 0.6 is 0 Å². The van der Waals surface area contributed by atoms with Gasteiger partial charge in [-0.25, -0.2) is 0 Å². The van der Waals surface area contributed by atoms with Gasteiger partial charge in [0.2, 0.25) is 18.6 Å². The highest BCUT2D eigenvalue weighted by molar-refractivity contribution is 5.92. The van der Waals surface area contributed by atoms with Crippen molar-refractivity contribution in [2.45, 2.75) is 58.4 Å². The molecule has 0 saturated carbocycles. The summed E-state index contributed by atoms with van der Waals surface area (Å²) in [5, 5.41) is 0. The van der Waals surface area contributed by atoms with Crippen molar-refractivity contribution >= 4 is 17.8 Å². The van der Waals surface area contributed by atoms with E-state index in [0.717, 1.165) is 43.6 Å². The van der Waals surface area contributed by atoms with Crippen LogP contribution in [-0.4, -0.2) is 54.1 Å². The molecule has 4 aliphatic rings. The van der Waals surface area contributed by atoms with E-state index < -0.39 is 11.3 Å². The zero-order chi connectivity index (χ0) is 23.7. The van der Waals surface area contributed by atoms with E-state index in [-0.39, 0.29) is 37.6 Å². The number of benzene rings is 1. The summed E-state index contributed by atoms with van der Waals surface area (Å²) in [4.78, 5) is 43.7. The summed E-state index contributed by atoms with van der Waals surface area (Å²) in [5.74, 6) is 0.387. The SMILES string of the molecule is CCOC(=O)[C@]12CCC=C1N(Cc1ccc3c(c1)OCO3)C(=O)[C@H](CC(=O)N1CCCCC1)C2. The number of esters is 1. The molecule has 3 aliphatic heterocycles. The van der Waals surface area contributed by atoms with E-state index in [2.05, 4.69) is 0 Å². The van der Waals surface area contributed by atoms with E-state index in [4.69, 9.17) is 14.2 Å². The van der Waals surface area contributed by atoms with Crippen LogP contribution in [0.5, 0.6) is 11.5 Å². The molecule has 0 unspecified atom stereocenters. The molecule has 3 heterocycles. The number of carbonyl (C=O) groups is 3. The number of nitrogens with zero attached hydrogens (tertiary/aromatic N) is 2. The van der Waals surface area contributed by atoms with Gasteiger partial charge in [0, 0.05) is 31.1 Å². The lowest BCUT2D eigenvalue weighted by Crippen LogP contribution is -2.52. The normalized spacial score (nSPS) is 25.7. The van der Waals surface area contributed by atoms with Crippen LogP contribution in [0.4, 0.5) is 0 Å². The largest absolute Gasteiger partial charge is 0.465 e. The van der Waals surface area contributed by atoms with Gasteiger partial charge >= 0.3 is 5.97 Å². The summed E-state index contributed by atoms with van der Waals surface area (Å²) in [7, 11) is 0. The van der Waals surface area contributed by atoms with Crippen molar-refractivity contribution in [1.82, 2.24) is 9.80 Å². The molecule has 0 radical (unpaired) electrons. The third-order valence-corrected chi connectivity index (χ3v) is 7.47. The van der Waals surface area contributed by atoms with Crippen LogP contribution in [-0.2, 0) is 25.7 Å².